The van der Waals surface area contributed by atoms with Crippen LogP contribution >= 0.6 is 0 Å². The Bertz CT molecular complexity index is 1290. The van der Waals surface area contributed by atoms with Gasteiger partial charge in [-0.25, -0.2) is 8.42 Å². The van der Waals surface area contributed by atoms with E-state index in [1.54, 1.807) is 31.2 Å². The van der Waals surface area contributed by atoms with E-state index in [-0.39, 0.29) is 35.6 Å². The van der Waals surface area contributed by atoms with Crippen molar-refractivity contribution in [3.8, 4) is 0 Å². The first-order valence-electron chi connectivity index (χ1n) is 12.2. The molecule has 0 N–H and O–H groups in total. The summed E-state index contributed by atoms with van der Waals surface area (Å²) in [4.78, 5) is 14.8. The Balaban J connectivity index is 1.36. The maximum atomic E-state index is 13.5. The van der Waals surface area contributed by atoms with Crippen molar-refractivity contribution in [1.29, 1.82) is 0 Å². The first-order valence-corrected chi connectivity index (χ1v) is 13.7. The van der Waals surface area contributed by atoms with Gasteiger partial charge in [0.15, 0.2) is 10.7 Å². The molecule has 2 aromatic heterocycles. The molecule has 36 heavy (non-hydrogen) atoms. The topological polar surface area (TPSA) is 96.9 Å². The lowest BCUT2D eigenvalue weighted by Crippen LogP contribution is -2.43. The van der Waals surface area contributed by atoms with Gasteiger partial charge in [0.2, 0.25) is 15.9 Å². The molecule has 0 unspecified atom stereocenters. The Kier molecular flexibility index (Phi) is 8.11. The second-order valence-electron chi connectivity index (χ2n) is 9.33. The van der Waals surface area contributed by atoms with Crippen LogP contribution in [0.25, 0.3) is 12.2 Å². The maximum absolute atomic E-state index is 13.5. The molecule has 3 heterocycles. The van der Waals surface area contributed by atoms with E-state index in [2.05, 4.69) is 5.16 Å². The molecule has 0 bridgehead atoms. The summed E-state index contributed by atoms with van der Waals surface area (Å²) >= 11 is 0. The average molecular weight is 512 g/mol. The van der Waals surface area contributed by atoms with Gasteiger partial charge in [-0.1, -0.05) is 41.1 Å². The van der Waals surface area contributed by atoms with Crippen LogP contribution in [0.4, 0.5) is 0 Å². The number of benzene rings is 1. The molecular formula is C27H33N3O5S. The SMILES string of the molecule is Cc1ccc(C=Cc2onc(C)c2S(=O)(=O)N2CCC(C(=O)N(C)CCCc3ccco3)CC2)cc1. The van der Waals surface area contributed by atoms with Crippen LogP contribution in [-0.2, 0) is 21.2 Å². The van der Waals surface area contributed by atoms with Crippen LogP contribution in [0.3, 0.4) is 0 Å². The highest BCUT2D eigenvalue weighted by Crippen LogP contribution is 2.29. The lowest BCUT2D eigenvalue weighted by Gasteiger charge is -2.32. The van der Waals surface area contributed by atoms with Crippen LogP contribution in [0.5, 0.6) is 0 Å². The fourth-order valence-electron chi connectivity index (χ4n) is 4.49. The van der Waals surface area contributed by atoms with Crippen molar-refractivity contribution in [2.24, 2.45) is 5.92 Å². The Morgan fingerprint density at radius 2 is 1.86 bits per heavy atom. The molecule has 1 amide bonds. The third-order valence-electron chi connectivity index (χ3n) is 6.61. The van der Waals surface area contributed by atoms with Gasteiger partial charge in [-0.3, -0.25) is 4.79 Å². The minimum Gasteiger partial charge on any atom is -0.469 e. The molecule has 192 valence electrons. The molecule has 1 saturated heterocycles. The highest BCUT2D eigenvalue weighted by molar-refractivity contribution is 7.89. The van der Waals surface area contributed by atoms with Crippen molar-refractivity contribution in [2.75, 3.05) is 26.7 Å². The summed E-state index contributed by atoms with van der Waals surface area (Å²) in [6.45, 7) is 4.84. The zero-order valence-corrected chi connectivity index (χ0v) is 21.8. The first-order chi connectivity index (χ1) is 17.3. The van der Waals surface area contributed by atoms with Crippen molar-refractivity contribution < 1.29 is 22.2 Å². The van der Waals surface area contributed by atoms with Crippen LogP contribution in [0.2, 0.25) is 0 Å². The third-order valence-corrected chi connectivity index (χ3v) is 8.67. The summed E-state index contributed by atoms with van der Waals surface area (Å²) in [6, 6.07) is 11.7. The van der Waals surface area contributed by atoms with E-state index in [1.807, 2.05) is 49.4 Å². The van der Waals surface area contributed by atoms with Gasteiger partial charge in [-0.15, -0.1) is 0 Å². The van der Waals surface area contributed by atoms with Gasteiger partial charge in [-0.05, 0) is 56.9 Å². The quantitative estimate of drug-likeness (QED) is 0.418. The van der Waals surface area contributed by atoms with Crippen molar-refractivity contribution in [3.63, 3.8) is 0 Å². The van der Waals surface area contributed by atoms with Crippen LogP contribution < -0.4 is 0 Å². The van der Waals surface area contributed by atoms with Crippen molar-refractivity contribution in [3.05, 3.63) is 71.0 Å². The van der Waals surface area contributed by atoms with E-state index >= 15 is 0 Å². The smallest absolute Gasteiger partial charge is 0.248 e. The lowest BCUT2D eigenvalue weighted by atomic mass is 9.96. The molecule has 0 spiro atoms. The monoisotopic (exact) mass is 511 g/mol. The summed E-state index contributed by atoms with van der Waals surface area (Å²) in [7, 11) is -2.00. The molecule has 1 aliphatic heterocycles. The van der Waals surface area contributed by atoms with Crippen molar-refractivity contribution in [1.82, 2.24) is 14.4 Å². The number of nitrogens with zero attached hydrogens (tertiary/aromatic N) is 3. The maximum Gasteiger partial charge on any atom is 0.248 e. The van der Waals surface area contributed by atoms with Crippen LogP contribution in [0, 0.1) is 19.8 Å². The number of hydrogen-bond acceptors (Lipinski definition) is 6. The zero-order valence-electron chi connectivity index (χ0n) is 21.0. The molecule has 0 radical (unpaired) electrons. The van der Waals surface area contributed by atoms with Crippen LogP contribution in [0.1, 0.15) is 47.6 Å². The minimum atomic E-state index is -3.81. The zero-order chi connectivity index (χ0) is 25.7. The van der Waals surface area contributed by atoms with Crippen molar-refractivity contribution >= 4 is 28.1 Å². The molecule has 9 heteroatoms. The number of furan rings is 1. The predicted octanol–water partition coefficient (Wildman–Crippen LogP) is 4.55. The highest BCUT2D eigenvalue weighted by atomic mass is 32.2. The van der Waals surface area contributed by atoms with Crippen LogP contribution in [-0.4, -0.2) is 55.4 Å². The fraction of sp³-hybridized carbons (Fsp3) is 0.407. The Labute approximate surface area is 212 Å². The molecular weight excluding hydrogens is 478 g/mol. The van der Waals surface area contributed by atoms with E-state index < -0.39 is 10.0 Å². The number of sulfonamides is 1. The lowest BCUT2D eigenvalue weighted by molar-refractivity contribution is -0.135. The number of amides is 1. The van der Waals surface area contributed by atoms with Gasteiger partial charge >= 0.3 is 0 Å². The number of hydrogen-bond donors (Lipinski definition) is 0. The van der Waals surface area contributed by atoms with E-state index in [4.69, 9.17) is 8.94 Å². The Morgan fingerprint density at radius 3 is 2.53 bits per heavy atom. The van der Waals surface area contributed by atoms with Gasteiger partial charge in [0.05, 0.1) is 6.26 Å². The molecule has 0 aliphatic carbocycles. The molecule has 1 aliphatic rings. The number of aryl methyl sites for hydroxylation is 3. The van der Waals surface area contributed by atoms with E-state index in [1.165, 1.54) is 4.31 Å². The Hall–Kier alpha value is -3.17. The first kappa shape index (κ1) is 25.9. The Morgan fingerprint density at radius 1 is 1.14 bits per heavy atom. The molecule has 1 aromatic carbocycles. The third kappa shape index (κ3) is 5.96. The molecule has 0 saturated carbocycles. The highest BCUT2D eigenvalue weighted by Gasteiger charge is 2.36. The second kappa shape index (κ2) is 11.3. The van der Waals surface area contributed by atoms with E-state index in [9.17, 15) is 13.2 Å². The molecule has 3 aromatic rings. The normalized spacial score (nSPS) is 15.5. The van der Waals surface area contributed by atoms with Gasteiger partial charge in [0.25, 0.3) is 0 Å². The van der Waals surface area contributed by atoms with Gasteiger partial charge < -0.3 is 13.8 Å². The van der Waals surface area contributed by atoms with Crippen molar-refractivity contribution in [2.45, 2.75) is 44.4 Å². The van der Waals surface area contributed by atoms with E-state index in [0.717, 1.165) is 29.7 Å². The number of carbonyl (C=O) groups excluding carboxylic acids is 1. The predicted molar refractivity (Wildman–Crippen MR) is 137 cm³/mol. The summed E-state index contributed by atoms with van der Waals surface area (Å²) in [5.74, 6) is 0.998. The van der Waals surface area contributed by atoms with Gasteiger partial charge in [-0.2, -0.15) is 4.31 Å². The standard InChI is InChI=1S/C27H33N3O5S/c1-20-8-10-22(11-9-20)12-13-25-26(21(2)28-35-25)36(32,33)30-17-14-23(15-18-30)27(31)29(3)16-4-6-24-7-5-19-34-24/h5,7-13,19,23H,4,6,14-18H2,1-3H3. The molecule has 4 rings (SSSR count). The average Bonchev–Trinajstić information content (AvgIpc) is 3.53. The largest absolute Gasteiger partial charge is 0.469 e. The summed E-state index contributed by atoms with van der Waals surface area (Å²) in [6.07, 6.45) is 7.67. The number of piperidine rings is 1. The van der Waals surface area contributed by atoms with Gasteiger partial charge in [0, 0.05) is 39.0 Å². The number of carbonyl (C=O) groups is 1. The van der Waals surface area contributed by atoms with Gasteiger partial charge in [0.1, 0.15) is 11.5 Å². The molecule has 1 fully saturated rings. The molecule has 8 nitrogen and oxygen atoms in total. The summed E-state index contributed by atoms with van der Waals surface area (Å²) in [5.41, 5.74) is 2.41. The second-order valence-corrected chi connectivity index (χ2v) is 11.2. The minimum absolute atomic E-state index is 0.0642. The van der Waals surface area contributed by atoms with E-state index in [0.29, 0.717) is 25.1 Å². The summed E-state index contributed by atoms with van der Waals surface area (Å²) in [5, 5.41) is 3.92. The molecule has 0 atom stereocenters. The fourth-order valence-corrected chi connectivity index (χ4v) is 6.21. The summed E-state index contributed by atoms with van der Waals surface area (Å²) < 4.78 is 39.1. The van der Waals surface area contributed by atoms with Crippen LogP contribution in [0.15, 0.2) is 56.5 Å². The number of rotatable bonds is 9. The number of aromatic nitrogens is 1.